The zero-order valence-corrected chi connectivity index (χ0v) is 23.8. The molecule has 0 heterocycles. The summed E-state index contributed by atoms with van der Waals surface area (Å²) in [6.45, 7) is 5.20. The van der Waals surface area contributed by atoms with Crippen LogP contribution in [-0.2, 0) is 23.9 Å². The Morgan fingerprint density at radius 3 is 2.40 bits per heavy atom. The van der Waals surface area contributed by atoms with Gasteiger partial charge in [-0.05, 0) is 81.1 Å². The summed E-state index contributed by atoms with van der Waals surface area (Å²) in [5, 5.41) is 37.6. The molecule has 224 valence electrons. The molecule has 5 saturated carbocycles. The molecule has 0 spiro atoms. The van der Waals surface area contributed by atoms with Crippen molar-refractivity contribution < 1.29 is 39.2 Å². The Hall–Kier alpha value is -1.72. The average Bonchev–Trinajstić information content (AvgIpc) is 2.89. The molecule has 5 fully saturated rings. The van der Waals surface area contributed by atoms with Gasteiger partial charge in [0.2, 0.25) is 5.91 Å². The first-order valence-electron chi connectivity index (χ1n) is 15.1. The van der Waals surface area contributed by atoms with E-state index >= 15 is 0 Å². The molecule has 10 unspecified atom stereocenters. The summed E-state index contributed by atoms with van der Waals surface area (Å²) in [5.74, 6) is -7.21. The van der Waals surface area contributed by atoms with E-state index in [1.54, 1.807) is 7.11 Å². The lowest BCUT2D eigenvalue weighted by atomic mass is 9.47. The van der Waals surface area contributed by atoms with Crippen molar-refractivity contribution in [1.82, 2.24) is 5.32 Å². The summed E-state index contributed by atoms with van der Waals surface area (Å²) in [5.41, 5.74) is 2.91. The first kappa shape index (κ1) is 29.8. The van der Waals surface area contributed by atoms with Crippen LogP contribution < -0.4 is 11.1 Å². The molecule has 0 bridgehead atoms. The Labute approximate surface area is 235 Å². The third kappa shape index (κ3) is 4.77. The van der Waals surface area contributed by atoms with Crippen LogP contribution in [0.5, 0.6) is 0 Å². The van der Waals surface area contributed by atoms with Crippen molar-refractivity contribution in [3.05, 3.63) is 0 Å². The van der Waals surface area contributed by atoms with E-state index in [1.165, 1.54) is 0 Å². The average molecular weight is 563 g/mol. The van der Waals surface area contributed by atoms with Crippen LogP contribution in [-0.4, -0.2) is 82.2 Å². The van der Waals surface area contributed by atoms with Crippen molar-refractivity contribution in [3.63, 3.8) is 0 Å². The molecule has 13 atom stereocenters. The topological polar surface area (TPSA) is 176 Å². The zero-order valence-electron chi connectivity index (χ0n) is 23.8. The molecule has 10 heteroatoms. The lowest BCUT2D eigenvalue weighted by Crippen LogP contribution is -2.71. The Bertz CT molecular complexity index is 1030. The Kier molecular flexibility index (Phi) is 8.31. The van der Waals surface area contributed by atoms with E-state index in [0.717, 1.165) is 32.2 Å². The molecule has 0 aliphatic heterocycles. The number of ether oxygens (including phenoxy) is 1. The van der Waals surface area contributed by atoms with Crippen LogP contribution in [0, 0.1) is 53.3 Å². The lowest BCUT2D eigenvalue weighted by molar-refractivity contribution is -0.210. The van der Waals surface area contributed by atoms with Crippen molar-refractivity contribution in [1.29, 1.82) is 0 Å². The normalized spacial score (nSPS) is 47.4. The highest BCUT2D eigenvalue weighted by molar-refractivity contribution is 6.22. The molecule has 0 saturated heterocycles. The molecule has 0 radical (unpaired) electrons. The van der Waals surface area contributed by atoms with Gasteiger partial charge in [0.25, 0.3) is 0 Å². The van der Waals surface area contributed by atoms with E-state index < -0.39 is 59.0 Å². The van der Waals surface area contributed by atoms with Gasteiger partial charge in [0.05, 0.1) is 18.1 Å². The van der Waals surface area contributed by atoms with Crippen molar-refractivity contribution >= 4 is 23.3 Å². The third-order valence-electron chi connectivity index (χ3n) is 11.3. The van der Waals surface area contributed by atoms with Gasteiger partial charge in [-0.25, -0.2) is 0 Å². The van der Waals surface area contributed by atoms with Gasteiger partial charge in [-0.15, -0.1) is 0 Å². The highest BCUT2D eigenvalue weighted by Crippen LogP contribution is 2.57. The number of aliphatic hydroxyl groups excluding tert-OH is 2. The van der Waals surface area contributed by atoms with Gasteiger partial charge >= 0.3 is 0 Å². The van der Waals surface area contributed by atoms with Gasteiger partial charge in [-0.2, -0.15) is 0 Å². The maximum Gasteiger partial charge on any atom is 0.235 e. The van der Waals surface area contributed by atoms with E-state index in [1.807, 2.05) is 0 Å². The number of carbonyl (C=O) groups excluding carboxylic acids is 4. The van der Waals surface area contributed by atoms with Gasteiger partial charge in [0, 0.05) is 31.4 Å². The van der Waals surface area contributed by atoms with Gasteiger partial charge < -0.3 is 31.1 Å². The molecule has 40 heavy (non-hydrogen) atoms. The quantitative estimate of drug-likeness (QED) is 0.286. The second-order valence-electron chi connectivity index (χ2n) is 13.7. The second-order valence-corrected chi connectivity index (χ2v) is 13.7. The monoisotopic (exact) mass is 562 g/mol. The fourth-order valence-corrected chi connectivity index (χ4v) is 9.44. The van der Waals surface area contributed by atoms with Gasteiger partial charge in [-0.3, -0.25) is 19.2 Å². The van der Waals surface area contributed by atoms with E-state index in [-0.39, 0.29) is 48.4 Å². The minimum Gasteiger partial charge on any atom is -0.392 e. The maximum atomic E-state index is 14.1. The first-order valence-corrected chi connectivity index (χ1v) is 15.1. The van der Waals surface area contributed by atoms with Crippen LogP contribution in [0.25, 0.3) is 0 Å². The van der Waals surface area contributed by atoms with Crippen LogP contribution in [0.4, 0.5) is 0 Å². The largest absolute Gasteiger partial charge is 0.392 e. The molecule has 1 amide bonds. The first-order chi connectivity index (χ1) is 18.9. The number of nitrogens with two attached hydrogens (primary N) is 1. The molecular formula is C30H46N2O8. The minimum atomic E-state index is -2.39. The smallest absolute Gasteiger partial charge is 0.235 e. The number of Topliss-reactive ketones (excluding diaryl/α,β-unsaturated/α-hetero) is 3. The van der Waals surface area contributed by atoms with Crippen LogP contribution >= 0.6 is 0 Å². The fraction of sp³-hybridized carbons (Fsp3) is 0.867. The van der Waals surface area contributed by atoms with Crippen LogP contribution in [0.15, 0.2) is 0 Å². The molecule has 6 N–H and O–H groups in total. The van der Waals surface area contributed by atoms with E-state index in [0.29, 0.717) is 24.8 Å². The van der Waals surface area contributed by atoms with Crippen LogP contribution in [0.3, 0.4) is 0 Å². The number of hydrogen-bond acceptors (Lipinski definition) is 9. The maximum absolute atomic E-state index is 14.1. The fourth-order valence-electron chi connectivity index (χ4n) is 9.44. The summed E-state index contributed by atoms with van der Waals surface area (Å²) < 4.78 is 5.97. The van der Waals surface area contributed by atoms with Crippen molar-refractivity contribution in [2.45, 2.75) is 95.2 Å². The van der Waals surface area contributed by atoms with Gasteiger partial charge in [-0.1, -0.05) is 13.8 Å². The summed E-state index contributed by atoms with van der Waals surface area (Å²) >= 11 is 0. The number of primary amides is 1. The van der Waals surface area contributed by atoms with Gasteiger partial charge in [0.1, 0.15) is 11.9 Å². The third-order valence-corrected chi connectivity index (χ3v) is 11.3. The second kappa shape index (κ2) is 11.2. The van der Waals surface area contributed by atoms with Crippen LogP contribution in [0.1, 0.15) is 65.2 Å². The van der Waals surface area contributed by atoms with E-state index in [2.05, 4.69) is 19.2 Å². The number of hydrogen-bond donors (Lipinski definition) is 5. The number of methoxy groups -OCH3 is 1. The molecule has 0 aromatic heterocycles. The molecule has 10 nitrogen and oxygen atoms in total. The molecule has 0 aromatic rings. The summed E-state index contributed by atoms with van der Waals surface area (Å²) in [6, 6.07) is 0.397. The van der Waals surface area contributed by atoms with Crippen molar-refractivity contribution in [3.8, 4) is 0 Å². The van der Waals surface area contributed by atoms with Crippen molar-refractivity contribution in [2.24, 2.45) is 59.0 Å². The van der Waals surface area contributed by atoms with E-state index in [4.69, 9.17) is 10.5 Å². The zero-order chi connectivity index (χ0) is 29.1. The number of rotatable bonds is 6. The predicted octanol–water partition coefficient (Wildman–Crippen LogP) is 0.380. The number of ketones is 3. The Morgan fingerprint density at radius 1 is 1.02 bits per heavy atom. The van der Waals surface area contributed by atoms with Crippen LogP contribution in [0.2, 0.25) is 0 Å². The highest BCUT2D eigenvalue weighted by atomic mass is 16.5. The lowest BCUT2D eigenvalue weighted by Gasteiger charge is -2.58. The SMILES string of the molecule is COC1CCC(CNC(C)C)CC1C1CCC(O)C2C(=O)C3C(O)[C@]4(O)C(=O)C(C(N)=O)C(=O)C[C@@H]4C[C@@H]3CC12. The van der Waals surface area contributed by atoms with Gasteiger partial charge in [0.15, 0.2) is 23.1 Å². The molecular weight excluding hydrogens is 516 g/mol. The molecule has 5 rings (SSSR count). The highest BCUT2D eigenvalue weighted by Gasteiger charge is 2.67. The van der Waals surface area contributed by atoms with E-state index in [9.17, 15) is 34.5 Å². The number of aliphatic hydroxyl groups is 3. The summed E-state index contributed by atoms with van der Waals surface area (Å²) in [7, 11) is 1.75. The number of nitrogens with one attached hydrogen (secondary N) is 1. The molecule has 5 aliphatic carbocycles. The Balaban J connectivity index is 1.42. The molecule has 0 aromatic carbocycles. The standard InChI is InChI=1S/C30H46N2O8/c1-13(2)32-12-14-4-7-22(40-3)18(8-14)17-5-6-20(33)24-19(17)10-15-9-16-11-21(34)25(29(31)38)28(37)30(16,39)27(36)23(15)26(24)35/h13-20,22-25,27,32-33,36,39H,4-12H2,1-3H3,(H2,31,38)/t14?,15-,16+,17?,18?,19?,20?,22?,23?,24?,25?,27?,30+/m1/s1. The number of fused-ring (bicyclic) bond motifs is 3. The Morgan fingerprint density at radius 2 is 1.75 bits per heavy atom. The minimum absolute atomic E-state index is 0.0744. The predicted molar refractivity (Wildman–Crippen MR) is 143 cm³/mol. The summed E-state index contributed by atoms with van der Waals surface area (Å²) in [6.07, 6.45) is 2.25. The van der Waals surface area contributed by atoms with Crippen molar-refractivity contribution in [2.75, 3.05) is 13.7 Å². The summed E-state index contributed by atoms with van der Waals surface area (Å²) in [4.78, 5) is 51.9. The number of carbonyl (C=O) groups is 4. The molecule has 5 aliphatic rings. The number of amides is 1.